The zero-order valence-corrected chi connectivity index (χ0v) is 12.1. The van der Waals surface area contributed by atoms with Crippen LogP contribution in [-0.4, -0.2) is 25.5 Å². The summed E-state index contributed by atoms with van der Waals surface area (Å²) in [6.45, 7) is 6.76. The van der Waals surface area contributed by atoms with Crippen LogP contribution >= 0.6 is 0 Å². The summed E-state index contributed by atoms with van der Waals surface area (Å²) in [7, 11) is 0. The molecular formula is C15H21N3O2. The van der Waals surface area contributed by atoms with Crippen LogP contribution in [0.1, 0.15) is 37.8 Å². The van der Waals surface area contributed by atoms with Crippen LogP contribution in [0.4, 0.5) is 5.69 Å². The number of hydrogen-bond acceptors (Lipinski definition) is 5. The zero-order chi connectivity index (χ0) is 14.2. The monoisotopic (exact) mass is 275 g/mol. The second-order valence-corrected chi connectivity index (χ2v) is 5.16. The fraction of sp³-hybridized carbons (Fsp3) is 0.533. The molecule has 0 aliphatic carbocycles. The Kier molecular flexibility index (Phi) is 3.40. The number of aliphatic imine (C=N–C) groups is 1. The number of benzene rings is 1. The molecule has 5 heteroatoms. The van der Waals surface area contributed by atoms with E-state index in [1.165, 1.54) is 0 Å². The first kappa shape index (κ1) is 13.4. The van der Waals surface area contributed by atoms with Crippen molar-refractivity contribution in [1.29, 1.82) is 0 Å². The lowest BCUT2D eigenvalue weighted by Gasteiger charge is -2.31. The van der Waals surface area contributed by atoms with E-state index >= 15 is 0 Å². The molecule has 1 spiro atoms. The molecule has 1 aromatic rings. The molecule has 1 aromatic carbocycles. The quantitative estimate of drug-likeness (QED) is 0.859. The van der Waals surface area contributed by atoms with Crippen molar-refractivity contribution in [1.82, 2.24) is 0 Å². The number of amidine groups is 1. The Morgan fingerprint density at radius 3 is 2.80 bits per heavy atom. The van der Waals surface area contributed by atoms with Gasteiger partial charge in [0.15, 0.2) is 0 Å². The van der Waals surface area contributed by atoms with Crippen molar-refractivity contribution in [2.24, 2.45) is 10.7 Å². The van der Waals surface area contributed by atoms with E-state index in [4.69, 9.17) is 15.5 Å². The van der Waals surface area contributed by atoms with Crippen LogP contribution in [0.2, 0.25) is 0 Å². The maximum Gasteiger partial charge on any atom is 0.221 e. The molecule has 3 rings (SSSR count). The predicted molar refractivity (Wildman–Crippen MR) is 78.7 cm³/mol. The third-order valence-electron chi connectivity index (χ3n) is 4.06. The highest BCUT2D eigenvalue weighted by Gasteiger charge is 2.44. The minimum atomic E-state index is -0.735. The van der Waals surface area contributed by atoms with Crippen molar-refractivity contribution in [3.05, 3.63) is 29.3 Å². The summed E-state index contributed by atoms with van der Waals surface area (Å²) < 4.78 is 0. The summed E-state index contributed by atoms with van der Waals surface area (Å²) in [5, 5.41) is 0. The van der Waals surface area contributed by atoms with E-state index in [-0.39, 0.29) is 0 Å². The van der Waals surface area contributed by atoms with Crippen LogP contribution in [0.25, 0.3) is 0 Å². The second kappa shape index (κ2) is 5.07. The smallest absolute Gasteiger partial charge is 0.221 e. The van der Waals surface area contributed by atoms with Crippen molar-refractivity contribution in [3.8, 4) is 0 Å². The molecule has 20 heavy (non-hydrogen) atoms. The number of hydrogen-bond donors (Lipinski definition) is 1. The number of nitrogens with zero attached hydrogens (tertiary/aromatic N) is 2. The lowest BCUT2D eigenvalue weighted by Crippen LogP contribution is -2.31. The first-order valence-corrected chi connectivity index (χ1v) is 7.26. The topological polar surface area (TPSA) is 60.1 Å². The van der Waals surface area contributed by atoms with E-state index in [9.17, 15) is 0 Å². The minimum Gasteiger partial charge on any atom is -0.383 e. The largest absolute Gasteiger partial charge is 0.383 e. The van der Waals surface area contributed by atoms with Gasteiger partial charge in [0.25, 0.3) is 0 Å². The summed E-state index contributed by atoms with van der Waals surface area (Å²) in [6, 6.07) is 6.18. The Morgan fingerprint density at radius 1 is 1.35 bits per heavy atom. The van der Waals surface area contributed by atoms with Crippen molar-refractivity contribution in [2.75, 3.05) is 24.6 Å². The highest BCUT2D eigenvalue weighted by molar-refractivity contribution is 6.06. The van der Waals surface area contributed by atoms with Crippen LogP contribution in [-0.2, 0) is 15.5 Å². The summed E-state index contributed by atoms with van der Waals surface area (Å²) in [4.78, 5) is 17.6. The third kappa shape index (κ3) is 1.89. The fourth-order valence-electron chi connectivity index (χ4n) is 3.08. The Morgan fingerprint density at radius 2 is 2.15 bits per heavy atom. The fourth-order valence-corrected chi connectivity index (χ4v) is 3.08. The average Bonchev–Trinajstić information content (AvgIpc) is 2.75. The zero-order valence-electron chi connectivity index (χ0n) is 12.1. The molecule has 1 fully saturated rings. The lowest BCUT2D eigenvalue weighted by molar-refractivity contribution is -0.386. The van der Waals surface area contributed by atoms with Crippen LogP contribution in [0.15, 0.2) is 23.2 Å². The molecule has 108 valence electrons. The van der Waals surface area contributed by atoms with Gasteiger partial charge in [0.2, 0.25) is 5.72 Å². The van der Waals surface area contributed by atoms with Crippen molar-refractivity contribution in [3.63, 3.8) is 0 Å². The van der Waals surface area contributed by atoms with Gasteiger partial charge in [0.1, 0.15) is 5.84 Å². The molecule has 2 aliphatic rings. The molecule has 0 saturated carbocycles. The van der Waals surface area contributed by atoms with E-state index < -0.39 is 5.72 Å². The molecule has 0 aromatic heterocycles. The van der Waals surface area contributed by atoms with Gasteiger partial charge in [-0.05, 0) is 26.3 Å². The number of anilines is 1. The number of fused-ring (bicyclic) bond motifs is 2. The van der Waals surface area contributed by atoms with Crippen LogP contribution in [0, 0.1) is 0 Å². The predicted octanol–water partition coefficient (Wildman–Crippen LogP) is 2.15. The standard InChI is InChI=1S/C15H21N3O2/c1-3-18(4-2)12-8-5-7-11-13(12)14(16)17-15(11)9-6-10-19-20-15/h5,7-8H,3-4,6,9-10H2,1-2H3,(H2,16,17). The van der Waals surface area contributed by atoms with Crippen LogP contribution in [0.3, 0.4) is 0 Å². The Bertz CT molecular complexity index is 532. The molecule has 0 radical (unpaired) electrons. The van der Waals surface area contributed by atoms with E-state index in [2.05, 4.69) is 29.8 Å². The normalized spacial score (nSPS) is 24.6. The van der Waals surface area contributed by atoms with Crippen LogP contribution < -0.4 is 10.6 Å². The van der Waals surface area contributed by atoms with Gasteiger partial charge >= 0.3 is 0 Å². The van der Waals surface area contributed by atoms with Gasteiger partial charge in [-0.3, -0.25) is 0 Å². The van der Waals surface area contributed by atoms with Gasteiger partial charge in [-0.25, -0.2) is 14.8 Å². The van der Waals surface area contributed by atoms with Gasteiger partial charge in [-0.2, -0.15) is 0 Å². The van der Waals surface area contributed by atoms with Gasteiger partial charge < -0.3 is 10.6 Å². The van der Waals surface area contributed by atoms with E-state index in [1.807, 2.05) is 12.1 Å². The van der Waals surface area contributed by atoms with E-state index in [0.29, 0.717) is 12.4 Å². The second-order valence-electron chi connectivity index (χ2n) is 5.16. The first-order valence-electron chi connectivity index (χ1n) is 7.26. The van der Waals surface area contributed by atoms with Crippen molar-refractivity contribution in [2.45, 2.75) is 32.4 Å². The molecule has 2 heterocycles. The van der Waals surface area contributed by atoms with Crippen molar-refractivity contribution >= 4 is 11.5 Å². The van der Waals surface area contributed by atoms with Gasteiger partial charge in [0, 0.05) is 36.3 Å². The Labute approximate surface area is 119 Å². The maximum atomic E-state index is 6.19. The summed E-state index contributed by atoms with van der Waals surface area (Å²) in [5.41, 5.74) is 8.61. The van der Waals surface area contributed by atoms with Crippen molar-refractivity contribution < 1.29 is 9.78 Å². The SMILES string of the molecule is CCN(CC)c1cccc2c1C(N)=NC21CCCOO1. The molecule has 2 aliphatic heterocycles. The summed E-state index contributed by atoms with van der Waals surface area (Å²) >= 11 is 0. The average molecular weight is 275 g/mol. The molecule has 0 amide bonds. The lowest BCUT2D eigenvalue weighted by atomic mass is 9.94. The van der Waals surface area contributed by atoms with Gasteiger partial charge in [-0.15, -0.1) is 0 Å². The molecule has 1 unspecified atom stereocenters. The van der Waals surface area contributed by atoms with E-state index in [0.717, 1.165) is 42.7 Å². The first-order chi connectivity index (χ1) is 9.72. The number of rotatable bonds is 3. The third-order valence-corrected chi connectivity index (χ3v) is 4.06. The Balaban J connectivity index is 2.11. The van der Waals surface area contributed by atoms with Gasteiger partial charge in [0.05, 0.1) is 6.61 Å². The molecule has 1 saturated heterocycles. The minimum absolute atomic E-state index is 0.549. The van der Waals surface area contributed by atoms with Crippen LogP contribution in [0.5, 0.6) is 0 Å². The molecule has 5 nitrogen and oxygen atoms in total. The number of nitrogens with two attached hydrogens (primary N) is 1. The Hall–Kier alpha value is -1.59. The highest BCUT2D eigenvalue weighted by Crippen LogP contribution is 2.44. The summed E-state index contributed by atoms with van der Waals surface area (Å²) in [5.74, 6) is 0.549. The maximum absolute atomic E-state index is 6.19. The molecule has 0 bridgehead atoms. The summed E-state index contributed by atoms with van der Waals surface area (Å²) in [6.07, 6.45) is 1.73. The van der Waals surface area contributed by atoms with E-state index in [1.54, 1.807) is 0 Å². The molecular weight excluding hydrogens is 254 g/mol. The molecule has 2 N–H and O–H groups in total. The highest BCUT2D eigenvalue weighted by atomic mass is 17.2. The molecule has 1 atom stereocenters. The van der Waals surface area contributed by atoms with Gasteiger partial charge in [-0.1, -0.05) is 12.1 Å².